The molecule has 0 saturated heterocycles. The van der Waals surface area contributed by atoms with E-state index in [4.69, 9.17) is 4.74 Å². The second-order valence-corrected chi connectivity index (χ2v) is 4.71. The van der Waals surface area contributed by atoms with Crippen molar-refractivity contribution in [3.63, 3.8) is 0 Å². The van der Waals surface area contributed by atoms with Crippen molar-refractivity contribution >= 4 is 5.97 Å². The van der Waals surface area contributed by atoms with Crippen LogP contribution in [0, 0.1) is 5.82 Å². The molecule has 2 rings (SSSR count). The van der Waals surface area contributed by atoms with Gasteiger partial charge in [0.25, 0.3) is 0 Å². The predicted octanol–water partition coefficient (Wildman–Crippen LogP) is 1.85. The van der Waals surface area contributed by atoms with Gasteiger partial charge in [0, 0.05) is 18.7 Å². The summed E-state index contributed by atoms with van der Waals surface area (Å²) in [6.45, 7) is 1.80. The molecule has 0 saturated carbocycles. The number of pyridine rings is 1. The van der Waals surface area contributed by atoms with E-state index in [1.807, 2.05) is 0 Å². The van der Waals surface area contributed by atoms with Crippen LogP contribution < -0.4 is 5.43 Å². The Morgan fingerprint density at radius 3 is 2.82 bits per heavy atom. The summed E-state index contributed by atoms with van der Waals surface area (Å²) in [6, 6.07) is 7.00. The van der Waals surface area contributed by atoms with Gasteiger partial charge < -0.3 is 14.4 Å². The van der Waals surface area contributed by atoms with E-state index in [2.05, 4.69) is 0 Å². The molecule has 0 unspecified atom stereocenters. The van der Waals surface area contributed by atoms with Crippen molar-refractivity contribution in [2.45, 2.75) is 19.9 Å². The summed E-state index contributed by atoms with van der Waals surface area (Å²) in [6.07, 6.45) is 1.53. The monoisotopic (exact) mass is 305 g/mol. The number of hydrogen-bond donors (Lipinski definition) is 1. The summed E-state index contributed by atoms with van der Waals surface area (Å²) in [5.41, 5.74) is 0.274. The lowest BCUT2D eigenvalue weighted by Crippen LogP contribution is -2.19. The molecule has 0 amide bonds. The summed E-state index contributed by atoms with van der Waals surface area (Å²) in [4.78, 5) is 23.2. The van der Waals surface area contributed by atoms with Crippen molar-refractivity contribution < 1.29 is 19.0 Å². The Labute approximate surface area is 126 Å². The molecule has 0 atom stereocenters. The summed E-state index contributed by atoms with van der Waals surface area (Å²) in [7, 11) is 0. The molecule has 6 heteroatoms. The number of aromatic hydroxyl groups is 1. The Kier molecular flexibility index (Phi) is 4.93. The van der Waals surface area contributed by atoms with Crippen molar-refractivity contribution in [3.05, 3.63) is 63.8 Å². The van der Waals surface area contributed by atoms with Gasteiger partial charge in [-0.05, 0) is 24.6 Å². The van der Waals surface area contributed by atoms with Gasteiger partial charge in [-0.15, -0.1) is 0 Å². The lowest BCUT2D eigenvalue weighted by molar-refractivity contribution is -0.143. The van der Waals surface area contributed by atoms with Crippen LogP contribution in [0.3, 0.4) is 0 Å². The Hall–Kier alpha value is -2.63. The van der Waals surface area contributed by atoms with Gasteiger partial charge in [0.15, 0.2) is 5.75 Å². The Morgan fingerprint density at radius 1 is 1.36 bits per heavy atom. The van der Waals surface area contributed by atoms with Crippen LogP contribution in [0.25, 0.3) is 0 Å². The maximum Gasteiger partial charge on any atom is 0.325 e. The summed E-state index contributed by atoms with van der Waals surface area (Å²) in [5, 5.41) is 9.97. The van der Waals surface area contributed by atoms with Crippen molar-refractivity contribution in [2.24, 2.45) is 0 Å². The number of rotatable bonds is 5. The van der Waals surface area contributed by atoms with E-state index in [0.717, 1.165) is 0 Å². The van der Waals surface area contributed by atoms with Gasteiger partial charge >= 0.3 is 5.97 Å². The number of hydrogen-bond acceptors (Lipinski definition) is 4. The number of nitrogens with zero attached hydrogens (tertiary/aromatic N) is 1. The molecule has 0 aliphatic carbocycles. The van der Waals surface area contributed by atoms with Crippen LogP contribution in [0.5, 0.6) is 5.75 Å². The highest BCUT2D eigenvalue weighted by Crippen LogP contribution is 2.17. The van der Waals surface area contributed by atoms with Gasteiger partial charge in [-0.25, -0.2) is 4.39 Å². The molecule has 0 aliphatic heterocycles. The fourth-order valence-corrected chi connectivity index (χ4v) is 2.12. The van der Waals surface area contributed by atoms with E-state index in [0.29, 0.717) is 5.56 Å². The Morgan fingerprint density at radius 2 is 2.14 bits per heavy atom. The molecule has 116 valence electrons. The van der Waals surface area contributed by atoms with Crippen LogP contribution in [0.1, 0.15) is 18.2 Å². The topological polar surface area (TPSA) is 68.5 Å². The van der Waals surface area contributed by atoms with E-state index in [-0.39, 0.29) is 25.3 Å². The van der Waals surface area contributed by atoms with Crippen molar-refractivity contribution in [2.75, 3.05) is 6.61 Å². The average molecular weight is 305 g/mol. The zero-order valence-corrected chi connectivity index (χ0v) is 12.1. The lowest BCUT2D eigenvalue weighted by atomic mass is 10.1. The highest BCUT2D eigenvalue weighted by molar-refractivity contribution is 5.69. The number of esters is 1. The number of carbonyl (C=O) groups is 1. The van der Waals surface area contributed by atoms with Crippen molar-refractivity contribution in [1.29, 1.82) is 0 Å². The van der Waals surface area contributed by atoms with Crippen LogP contribution in [-0.2, 0) is 22.5 Å². The van der Waals surface area contributed by atoms with Crippen LogP contribution >= 0.6 is 0 Å². The van der Waals surface area contributed by atoms with E-state index >= 15 is 0 Å². The standard InChI is InChI=1S/C16H16FNO4/c1-2-22-15(20)10-18-7-6-14(19)16(21)13(18)9-11-4-3-5-12(17)8-11/h3-8,21H,2,9-10H2,1H3. The second-order valence-electron chi connectivity index (χ2n) is 4.71. The molecule has 1 N–H and O–H groups in total. The van der Waals surface area contributed by atoms with Gasteiger partial charge in [0.2, 0.25) is 5.43 Å². The second kappa shape index (κ2) is 6.89. The predicted molar refractivity (Wildman–Crippen MR) is 78.2 cm³/mol. The molecule has 1 aromatic carbocycles. The quantitative estimate of drug-likeness (QED) is 0.856. The van der Waals surface area contributed by atoms with E-state index in [1.54, 1.807) is 19.1 Å². The lowest BCUT2D eigenvalue weighted by Gasteiger charge is -2.14. The zero-order chi connectivity index (χ0) is 16.1. The van der Waals surface area contributed by atoms with Gasteiger partial charge in [0.1, 0.15) is 12.4 Å². The van der Waals surface area contributed by atoms with Crippen LogP contribution in [0.4, 0.5) is 4.39 Å². The third kappa shape index (κ3) is 3.72. The zero-order valence-electron chi connectivity index (χ0n) is 12.1. The molecule has 0 spiro atoms. The maximum absolute atomic E-state index is 13.3. The summed E-state index contributed by atoms with van der Waals surface area (Å²) < 4.78 is 19.5. The van der Waals surface area contributed by atoms with Gasteiger partial charge in [-0.1, -0.05) is 12.1 Å². The highest BCUT2D eigenvalue weighted by atomic mass is 19.1. The normalized spacial score (nSPS) is 10.5. The van der Waals surface area contributed by atoms with Crippen LogP contribution in [0.15, 0.2) is 41.3 Å². The largest absolute Gasteiger partial charge is 0.503 e. The fourth-order valence-electron chi connectivity index (χ4n) is 2.12. The number of aromatic nitrogens is 1. The van der Waals surface area contributed by atoms with Crippen LogP contribution in [-0.4, -0.2) is 22.2 Å². The molecule has 0 bridgehead atoms. The molecular formula is C16H16FNO4. The molecule has 5 nitrogen and oxygen atoms in total. The molecule has 1 aromatic heterocycles. The third-order valence-electron chi connectivity index (χ3n) is 3.12. The minimum absolute atomic E-state index is 0.124. The number of carbonyl (C=O) groups excluding carboxylic acids is 1. The summed E-state index contributed by atoms with van der Waals surface area (Å²) in [5.74, 6) is -1.34. The minimum Gasteiger partial charge on any atom is -0.503 e. The van der Waals surface area contributed by atoms with Crippen molar-refractivity contribution in [1.82, 2.24) is 4.57 Å². The Bertz CT molecular complexity index is 739. The number of ether oxygens (including phenoxy) is 1. The molecule has 0 aliphatic rings. The first-order valence-electron chi connectivity index (χ1n) is 6.82. The van der Waals surface area contributed by atoms with Crippen molar-refractivity contribution in [3.8, 4) is 5.75 Å². The number of halogens is 1. The third-order valence-corrected chi connectivity index (χ3v) is 3.12. The first-order chi connectivity index (χ1) is 10.5. The van der Waals surface area contributed by atoms with Gasteiger partial charge in [0.05, 0.1) is 12.3 Å². The van der Waals surface area contributed by atoms with E-state index in [1.165, 1.54) is 29.0 Å². The molecule has 2 aromatic rings. The average Bonchev–Trinajstić information content (AvgIpc) is 2.47. The molecular weight excluding hydrogens is 289 g/mol. The highest BCUT2D eigenvalue weighted by Gasteiger charge is 2.14. The maximum atomic E-state index is 13.3. The first kappa shape index (κ1) is 15.8. The first-order valence-corrected chi connectivity index (χ1v) is 6.82. The Balaban J connectivity index is 2.37. The summed E-state index contributed by atoms with van der Waals surface area (Å²) >= 11 is 0. The molecule has 0 radical (unpaired) electrons. The van der Waals surface area contributed by atoms with E-state index in [9.17, 15) is 19.1 Å². The molecule has 1 heterocycles. The van der Waals surface area contributed by atoms with Gasteiger partial charge in [-0.3, -0.25) is 9.59 Å². The number of benzene rings is 1. The molecule has 0 fully saturated rings. The fraction of sp³-hybridized carbons (Fsp3) is 0.250. The SMILES string of the molecule is CCOC(=O)Cn1ccc(=O)c(O)c1Cc1cccc(F)c1. The smallest absolute Gasteiger partial charge is 0.325 e. The van der Waals surface area contributed by atoms with Crippen LogP contribution in [0.2, 0.25) is 0 Å². The van der Waals surface area contributed by atoms with E-state index < -0.39 is 23.0 Å². The molecule has 22 heavy (non-hydrogen) atoms. The minimum atomic E-state index is -0.550. The van der Waals surface area contributed by atoms with Gasteiger partial charge in [-0.2, -0.15) is 0 Å².